The lowest BCUT2D eigenvalue weighted by Gasteiger charge is -2.11. The van der Waals surface area contributed by atoms with Crippen LogP contribution in [0.1, 0.15) is 48.5 Å². The smallest absolute Gasteiger partial charge is 0.263 e. The van der Waals surface area contributed by atoms with E-state index in [9.17, 15) is 71.5 Å². The summed E-state index contributed by atoms with van der Waals surface area (Å²) in [6.45, 7) is 10.7. The Bertz CT molecular complexity index is 5230. The van der Waals surface area contributed by atoms with Crippen molar-refractivity contribution in [3.05, 3.63) is 273 Å². The van der Waals surface area contributed by atoms with Crippen LogP contribution < -0.4 is 58.0 Å². The zero-order chi connectivity index (χ0) is 75.9. The fourth-order valence-electron chi connectivity index (χ4n) is 10.9. The maximum atomic E-state index is 12.0. The van der Waals surface area contributed by atoms with Crippen molar-refractivity contribution in [1.82, 2.24) is 27.4 Å². The van der Waals surface area contributed by atoms with Gasteiger partial charge in [-0.2, -0.15) is 9.83 Å². The second-order valence-electron chi connectivity index (χ2n) is 24.0. The summed E-state index contributed by atoms with van der Waals surface area (Å²) in [5.74, 6) is 3.89. The first-order chi connectivity index (χ1) is 50.1. The summed E-state index contributed by atoms with van der Waals surface area (Å²) in [7, 11) is 5.67. The Morgan fingerprint density at radius 3 is 1.09 bits per heavy atom. The number of phenols is 8. The Balaban J connectivity index is 0.000000162. The van der Waals surface area contributed by atoms with Gasteiger partial charge in [0.05, 0.1) is 33.6 Å². The molecule has 0 saturated carbocycles. The maximum absolute atomic E-state index is 12.0. The van der Waals surface area contributed by atoms with E-state index in [0.717, 1.165) is 29.8 Å². The van der Waals surface area contributed by atoms with Crippen molar-refractivity contribution in [3.8, 4) is 126 Å². The number of nitriles is 1. The number of aromatic nitrogens is 12. The second kappa shape index (κ2) is 34.4. The number of phenolic OH excluding ortho intramolecular Hbond substituents is 8. The molecule has 0 fully saturated rings. The van der Waals surface area contributed by atoms with E-state index in [0.29, 0.717) is 58.6 Å². The van der Waals surface area contributed by atoms with E-state index in [4.69, 9.17) is 5.26 Å². The van der Waals surface area contributed by atoms with Crippen LogP contribution in [-0.2, 0) is 34.2 Å². The average Bonchev–Trinajstić information content (AvgIpc) is 1.60. The summed E-state index contributed by atoms with van der Waals surface area (Å²) < 4.78 is 21.5. The highest BCUT2D eigenvalue weighted by atomic mass is 16.3. The largest absolute Gasteiger partial charge is 0.870 e. The van der Waals surface area contributed by atoms with Gasteiger partial charge in [-0.05, 0) is 54.1 Å². The molecular weight excluding hydrogens is 1350 g/mol. The molecule has 6 heterocycles. The number of benzene rings is 8. The third kappa shape index (κ3) is 18.6. The topological polar surface area (TPSA) is 377 Å². The molecule has 0 aliphatic carbocycles. The molecule has 8 N–H and O–H groups in total. The first-order valence-electron chi connectivity index (χ1n) is 32.4. The highest BCUT2D eigenvalue weighted by Gasteiger charge is 2.22. The molecule has 14 rings (SSSR count). The Hall–Kier alpha value is -14.3. The molecular formula is C79H81N13O14. The summed E-state index contributed by atoms with van der Waals surface area (Å²) in [6.07, 6.45) is 23.7. The van der Waals surface area contributed by atoms with Gasteiger partial charge < -0.3 is 71.5 Å². The van der Waals surface area contributed by atoms with Crippen LogP contribution in [0.2, 0.25) is 0 Å². The van der Waals surface area contributed by atoms with Gasteiger partial charge in [0.1, 0.15) is 162 Å². The van der Waals surface area contributed by atoms with Crippen LogP contribution in [0.25, 0.3) is 39.8 Å². The van der Waals surface area contributed by atoms with Crippen molar-refractivity contribution in [3.63, 3.8) is 0 Å². The van der Waals surface area contributed by atoms with Gasteiger partial charge in [-0.25, -0.2) is 50.2 Å². The molecule has 0 unspecified atom stereocenters. The van der Waals surface area contributed by atoms with Crippen molar-refractivity contribution in [2.24, 2.45) is 21.1 Å². The second-order valence-corrected chi connectivity index (χ2v) is 24.0. The van der Waals surface area contributed by atoms with Crippen molar-refractivity contribution >= 4 is 0 Å². The van der Waals surface area contributed by atoms with E-state index in [1.54, 1.807) is 82.4 Å². The summed E-state index contributed by atoms with van der Waals surface area (Å²) >= 11 is 0. The monoisotopic (exact) mass is 1440 g/mol. The van der Waals surface area contributed by atoms with Gasteiger partial charge in [-0.15, -0.1) is 0 Å². The number of aromatic hydroxyl groups is 8. The van der Waals surface area contributed by atoms with Gasteiger partial charge in [0.2, 0.25) is 6.33 Å². The van der Waals surface area contributed by atoms with E-state index >= 15 is 0 Å². The first-order valence-corrected chi connectivity index (χ1v) is 32.4. The SMILES string of the molecule is C.C[n+]1ccn(-c2cc(O)ccc2[O-])c1.Cc1n(-c2cc(O)ccc2[O-])cc[n+]1-c1cc(O)ccc1O.Cc1n(-c2cc(O)ccc2[O-])cc[n+]1C.Cc1n(-c2cc(O)ccc2[O-])cc[n+]1C.Cc1n(-c2cc(O)ccc2[O-])cc[n+]1CCC#N.Cc1n(-c2cc(O)ccc2[O-])cc[n+]1Cc1ccccc1. The van der Waals surface area contributed by atoms with Crippen LogP contribution in [0.4, 0.5) is 0 Å². The van der Waals surface area contributed by atoms with E-state index in [1.165, 1.54) is 133 Å². The molecule has 8 aromatic carbocycles. The van der Waals surface area contributed by atoms with E-state index in [2.05, 4.69) is 22.8 Å². The normalized spacial score (nSPS) is 10.4. The van der Waals surface area contributed by atoms with Crippen molar-refractivity contribution in [2.75, 3.05) is 0 Å². The number of imidazole rings is 6. The van der Waals surface area contributed by atoms with Crippen molar-refractivity contribution in [1.29, 1.82) is 5.26 Å². The number of hydrogen-bond donors (Lipinski definition) is 8. The van der Waals surface area contributed by atoms with Crippen LogP contribution in [0.5, 0.6) is 80.5 Å². The predicted octanol–water partition coefficient (Wildman–Crippen LogP) is 5.42. The van der Waals surface area contributed by atoms with Crippen LogP contribution in [0.15, 0.2) is 238 Å². The number of nitrogens with zero attached hydrogens (tertiary/aromatic N) is 13. The van der Waals surface area contributed by atoms with Gasteiger partial charge >= 0.3 is 0 Å². The molecule has 0 radical (unpaired) electrons. The molecule has 0 spiro atoms. The fourth-order valence-corrected chi connectivity index (χ4v) is 10.9. The molecule has 14 aromatic rings. The molecule has 0 bridgehead atoms. The van der Waals surface area contributed by atoms with E-state index < -0.39 is 0 Å². The lowest BCUT2D eigenvalue weighted by atomic mass is 10.2. The third-order valence-corrected chi connectivity index (χ3v) is 16.9. The van der Waals surface area contributed by atoms with Crippen LogP contribution in [0.3, 0.4) is 0 Å². The minimum atomic E-state index is -0.233. The molecule has 6 aromatic heterocycles. The van der Waals surface area contributed by atoms with Crippen molar-refractivity contribution < 1.29 is 98.9 Å². The number of aryl methyl sites for hydroxylation is 4. The maximum Gasteiger partial charge on any atom is 0.263 e. The molecule has 0 aliphatic rings. The lowest BCUT2D eigenvalue weighted by Crippen LogP contribution is -2.35. The van der Waals surface area contributed by atoms with E-state index in [1.807, 2.05) is 122 Å². The van der Waals surface area contributed by atoms with Gasteiger partial charge in [-0.1, -0.05) is 109 Å². The average molecular weight is 1440 g/mol. The molecule has 546 valence electrons. The first kappa shape index (κ1) is 77.4. The van der Waals surface area contributed by atoms with Gasteiger partial charge in [0, 0.05) is 77.1 Å². The Morgan fingerprint density at radius 2 is 0.708 bits per heavy atom. The van der Waals surface area contributed by atoms with Crippen LogP contribution in [-0.4, -0.2) is 68.3 Å². The predicted molar refractivity (Wildman–Crippen MR) is 376 cm³/mol. The fraction of sp³-hybridized carbons (Fsp3) is 0.152. The molecule has 0 aliphatic heterocycles. The quantitative estimate of drug-likeness (QED) is 0.0592. The molecule has 27 heteroatoms. The van der Waals surface area contributed by atoms with Crippen LogP contribution in [0, 0.1) is 45.9 Å². The highest BCUT2D eigenvalue weighted by Crippen LogP contribution is 2.31. The minimum Gasteiger partial charge on any atom is -0.870 e. The summed E-state index contributed by atoms with van der Waals surface area (Å²) in [4.78, 5) is 0. The molecule has 106 heavy (non-hydrogen) atoms. The molecule has 0 saturated heterocycles. The minimum absolute atomic E-state index is 0. The Morgan fingerprint density at radius 1 is 0.368 bits per heavy atom. The Labute approximate surface area is 611 Å². The van der Waals surface area contributed by atoms with Gasteiger partial charge in [-0.3, -0.25) is 0 Å². The van der Waals surface area contributed by atoms with E-state index in [-0.39, 0.29) is 87.9 Å². The highest BCUT2D eigenvalue weighted by molar-refractivity contribution is 5.54. The number of rotatable bonds is 11. The number of hydrogen-bond acceptors (Lipinski definition) is 15. The van der Waals surface area contributed by atoms with Crippen molar-refractivity contribution in [2.45, 2.75) is 61.6 Å². The zero-order valence-electron chi connectivity index (χ0n) is 58.5. The lowest BCUT2D eigenvalue weighted by molar-refractivity contribution is -0.701. The third-order valence-electron chi connectivity index (χ3n) is 16.9. The zero-order valence-corrected chi connectivity index (χ0v) is 58.5. The molecule has 0 atom stereocenters. The standard InChI is InChI=1S/C17H16N2O2.C16H14N2O4.C13H13N3O2.2C11H12N2O2.C10H10N2O2.CH4/c1-13-18(12-14-5-3-2-4-6-14)9-10-19(13)16-11-15(20)7-8-17(16)21;1-10-17(13-8-11(19)2-4-15(13)21)6-7-18(10)14-9-12(20)3-5-16(14)22;1-10-15(6-2-5-14)7-8-16(10)12-9-11(17)3-4-13(12)18;2*1-8-12(2)5-6-13(8)10-7-9(14)3-4-11(10)15;1-11-4-5-12(7-11)9-6-8(13)2-3-10(9)14;/h2-11H,12H2,1H3,(H-,20,21);2-9H,1H3,(H3-,19,20,21,22);3-4,7-9H,2,6H2,1H3,(H-,17,18);2*3-7H,1-2H3,(H-,14,15);2-7H,1H3,(H-,13,14);1H4. The van der Waals surface area contributed by atoms with Crippen LogP contribution >= 0.6 is 0 Å². The summed E-state index contributed by atoms with van der Waals surface area (Å²) in [5.41, 5.74) is 4.13. The molecule has 27 nitrogen and oxygen atoms in total. The molecule has 0 amide bonds. The summed E-state index contributed by atoms with van der Waals surface area (Å²) in [6, 6.07) is 41.5. The summed E-state index contributed by atoms with van der Waals surface area (Å²) in [5, 5.41) is 155. The van der Waals surface area contributed by atoms with Gasteiger partial charge in [0.25, 0.3) is 29.1 Å². The Kier molecular flexibility index (Phi) is 25.1. The van der Waals surface area contributed by atoms with Gasteiger partial charge in [0.15, 0.2) is 11.4 Å².